The van der Waals surface area contributed by atoms with Crippen LogP contribution in [0.4, 0.5) is 0 Å². The van der Waals surface area contributed by atoms with Gasteiger partial charge in [0.05, 0.1) is 18.3 Å². The molecule has 1 N–H and O–H groups in total. The standard InChI is InChI=1S/C16H19N3O2/c1-11-3-4-13-12(9-11)14(19-10-18-13)16(15(20)21-2)5-7-17-8-6-16/h3-4,9-10,17H,5-8H2,1-2H3. The van der Waals surface area contributed by atoms with Crippen LogP contribution < -0.4 is 5.32 Å². The van der Waals surface area contributed by atoms with E-state index in [-0.39, 0.29) is 5.97 Å². The number of nitrogens with zero attached hydrogens (tertiary/aromatic N) is 2. The molecule has 1 aromatic carbocycles. The predicted molar refractivity (Wildman–Crippen MR) is 80.1 cm³/mol. The Labute approximate surface area is 123 Å². The van der Waals surface area contributed by atoms with Gasteiger partial charge in [0.15, 0.2) is 0 Å². The Bertz CT molecular complexity index is 678. The summed E-state index contributed by atoms with van der Waals surface area (Å²) in [6, 6.07) is 6.05. The van der Waals surface area contributed by atoms with Gasteiger partial charge in [0.1, 0.15) is 11.7 Å². The highest BCUT2D eigenvalue weighted by Crippen LogP contribution is 2.37. The van der Waals surface area contributed by atoms with Crippen LogP contribution in [0.2, 0.25) is 0 Å². The maximum atomic E-state index is 12.5. The lowest BCUT2D eigenvalue weighted by Gasteiger charge is -2.34. The Morgan fingerprint density at radius 3 is 2.76 bits per heavy atom. The van der Waals surface area contributed by atoms with E-state index in [4.69, 9.17) is 4.74 Å². The van der Waals surface area contributed by atoms with Gasteiger partial charge >= 0.3 is 5.97 Å². The van der Waals surface area contributed by atoms with Gasteiger partial charge in [-0.3, -0.25) is 4.79 Å². The molecule has 0 bridgehead atoms. The van der Waals surface area contributed by atoms with E-state index in [1.807, 2.05) is 19.1 Å². The molecule has 0 saturated carbocycles. The zero-order chi connectivity index (χ0) is 14.9. The average Bonchev–Trinajstić information content (AvgIpc) is 2.54. The molecule has 1 aliphatic heterocycles. The number of esters is 1. The molecule has 0 amide bonds. The van der Waals surface area contributed by atoms with Gasteiger partial charge in [0, 0.05) is 5.39 Å². The van der Waals surface area contributed by atoms with Crippen LogP contribution in [0.1, 0.15) is 24.1 Å². The van der Waals surface area contributed by atoms with Crippen LogP contribution in [0.5, 0.6) is 0 Å². The number of aryl methyl sites for hydroxylation is 1. The number of carbonyl (C=O) groups excluding carboxylic acids is 1. The van der Waals surface area contributed by atoms with Crippen LogP contribution in [-0.2, 0) is 14.9 Å². The highest BCUT2D eigenvalue weighted by atomic mass is 16.5. The van der Waals surface area contributed by atoms with Crippen molar-refractivity contribution in [3.63, 3.8) is 0 Å². The van der Waals surface area contributed by atoms with E-state index in [0.717, 1.165) is 35.2 Å². The molecule has 5 nitrogen and oxygen atoms in total. The number of piperidine rings is 1. The van der Waals surface area contributed by atoms with Crippen LogP contribution in [0.3, 0.4) is 0 Å². The molecular formula is C16H19N3O2. The zero-order valence-corrected chi connectivity index (χ0v) is 12.3. The molecule has 0 unspecified atom stereocenters. The smallest absolute Gasteiger partial charge is 0.318 e. The van der Waals surface area contributed by atoms with E-state index in [1.165, 1.54) is 7.11 Å². The second kappa shape index (κ2) is 5.41. The van der Waals surface area contributed by atoms with Gasteiger partial charge in [-0.2, -0.15) is 0 Å². The van der Waals surface area contributed by atoms with E-state index in [2.05, 4.69) is 21.4 Å². The summed E-state index contributed by atoms with van der Waals surface area (Å²) in [5.41, 5.74) is 2.12. The lowest BCUT2D eigenvalue weighted by molar-refractivity contribution is -0.148. The molecular weight excluding hydrogens is 266 g/mol. The molecule has 1 aliphatic rings. The highest BCUT2D eigenvalue weighted by Gasteiger charge is 2.44. The molecule has 0 aliphatic carbocycles. The van der Waals surface area contributed by atoms with Gasteiger partial charge < -0.3 is 10.1 Å². The number of carbonyl (C=O) groups is 1. The Balaban J connectivity index is 2.24. The van der Waals surface area contributed by atoms with E-state index in [1.54, 1.807) is 6.33 Å². The van der Waals surface area contributed by atoms with E-state index < -0.39 is 5.41 Å². The molecule has 2 aromatic rings. The monoisotopic (exact) mass is 285 g/mol. The molecule has 1 fully saturated rings. The average molecular weight is 285 g/mol. The minimum Gasteiger partial charge on any atom is -0.468 e. The van der Waals surface area contributed by atoms with Crippen molar-refractivity contribution in [2.45, 2.75) is 25.2 Å². The normalized spacial score (nSPS) is 17.6. The highest BCUT2D eigenvalue weighted by molar-refractivity contribution is 5.91. The first-order valence-electron chi connectivity index (χ1n) is 7.18. The molecule has 2 heterocycles. The Hall–Kier alpha value is -2.01. The minimum atomic E-state index is -0.672. The maximum absolute atomic E-state index is 12.5. The topological polar surface area (TPSA) is 64.1 Å². The zero-order valence-electron chi connectivity index (χ0n) is 12.3. The lowest BCUT2D eigenvalue weighted by Crippen LogP contribution is -2.46. The van der Waals surface area contributed by atoms with E-state index in [9.17, 15) is 4.79 Å². The summed E-state index contributed by atoms with van der Waals surface area (Å²) in [5, 5.41) is 4.25. The fraction of sp³-hybridized carbons (Fsp3) is 0.438. The van der Waals surface area contributed by atoms with Gasteiger partial charge in [-0.1, -0.05) is 11.6 Å². The van der Waals surface area contributed by atoms with Crippen molar-refractivity contribution in [2.24, 2.45) is 0 Å². The fourth-order valence-corrected chi connectivity index (χ4v) is 3.14. The molecule has 0 atom stereocenters. The van der Waals surface area contributed by atoms with Crippen molar-refractivity contribution in [1.29, 1.82) is 0 Å². The number of nitrogens with one attached hydrogen (secondary N) is 1. The third kappa shape index (κ3) is 2.27. The summed E-state index contributed by atoms with van der Waals surface area (Å²) < 4.78 is 5.10. The minimum absolute atomic E-state index is 0.203. The first-order chi connectivity index (χ1) is 10.2. The number of fused-ring (bicyclic) bond motifs is 1. The van der Waals surface area contributed by atoms with E-state index in [0.29, 0.717) is 12.8 Å². The second-order valence-corrected chi connectivity index (χ2v) is 5.57. The van der Waals surface area contributed by atoms with Crippen LogP contribution in [0.25, 0.3) is 10.9 Å². The van der Waals surface area contributed by atoms with E-state index >= 15 is 0 Å². The maximum Gasteiger partial charge on any atom is 0.318 e. The lowest BCUT2D eigenvalue weighted by atomic mass is 9.74. The third-order valence-electron chi connectivity index (χ3n) is 4.28. The first-order valence-corrected chi connectivity index (χ1v) is 7.18. The molecule has 0 radical (unpaired) electrons. The van der Waals surface area contributed by atoms with Crippen LogP contribution >= 0.6 is 0 Å². The number of rotatable bonds is 2. The number of hydrogen-bond acceptors (Lipinski definition) is 5. The van der Waals surface area contributed by atoms with Crippen molar-refractivity contribution in [3.8, 4) is 0 Å². The number of hydrogen-bond donors (Lipinski definition) is 1. The molecule has 110 valence electrons. The molecule has 1 aromatic heterocycles. The fourth-order valence-electron chi connectivity index (χ4n) is 3.14. The summed E-state index contributed by atoms with van der Waals surface area (Å²) in [4.78, 5) is 21.3. The van der Waals surface area contributed by atoms with Crippen molar-refractivity contribution in [1.82, 2.24) is 15.3 Å². The second-order valence-electron chi connectivity index (χ2n) is 5.57. The third-order valence-corrected chi connectivity index (χ3v) is 4.28. The predicted octanol–water partition coefficient (Wildman–Crippen LogP) is 1.73. The Kier molecular flexibility index (Phi) is 3.59. The van der Waals surface area contributed by atoms with Gasteiger partial charge in [0.25, 0.3) is 0 Å². The van der Waals surface area contributed by atoms with Crippen molar-refractivity contribution in [2.75, 3.05) is 20.2 Å². The molecule has 3 rings (SSSR count). The summed E-state index contributed by atoms with van der Waals surface area (Å²) in [6.45, 7) is 3.60. The molecule has 5 heteroatoms. The largest absolute Gasteiger partial charge is 0.468 e. The van der Waals surface area contributed by atoms with Gasteiger partial charge in [0.2, 0.25) is 0 Å². The van der Waals surface area contributed by atoms with Crippen LogP contribution in [0.15, 0.2) is 24.5 Å². The summed E-state index contributed by atoms with van der Waals surface area (Å²) in [6.07, 6.45) is 2.93. The number of ether oxygens (including phenoxy) is 1. The van der Waals surface area contributed by atoms with Crippen molar-refractivity contribution < 1.29 is 9.53 Å². The van der Waals surface area contributed by atoms with Gasteiger partial charge in [-0.15, -0.1) is 0 Å². The summed E-state index contributed by atoms with van der Waals surface area (Å²) in [5.74, 6) is -0.203. The number of aromatic nitrogens is 2. The molecule has 1 saturated heterocycles. The van der Waals surface area contributed by atoms with Crippen molar-refractivity contribution >= 4 is 16.9 Å². The van der Waals surface area contributed by atoms with Crippen LogP contribution in [0, 0.1) is 6.92 Å². The number of benzene rings is 1. The Morgan fingerprint density at radius 2 is 2.05 bits per heavy atom. The first kappa shape index (κ1) is 13.9. The SMILES string of the molecule is COC(=O)C1(c2ncnc3ccc(C)cc23)CCNCC1. The summed E-state index contributed by atoms with van der Waals surface area (Å²) in [7, 11) is 1.45. The summed E-state index contributed by atoms with van der Waals surface area (Å²) >= 11 is 0. The number of methoxy groups -OCH3 is 1. The quantitative estimate of drug-likeness (QED) is 0.851. The Morgan fingerprint density at radius 1 is 1.29 bits per heavy atom. The van der Waals surface area contributed by atoms with Gasteiger partial charge in [-0.05, 0) is 45.0 Å². The molecule has 21 heavy (non-hydrogen) atoms. The molecule has 0 spiro atoms. The van der Waals surface area contributed by atoms with Gasteiger partial charge in [-0.25, -0.2) is 9.97 Å². The van der Waals surface area contributed by atoms with Crippen LogP contribution in [-0.4, -0.2) is 36.1 Å². The van der Waals surface area contributed by atoms with Crippen molar-refractivity contribution in [3.05, 3.63) is 35.8 Å².